The molecule has 0 spiro atoms. The number of nitrogens with one attached hydrogen (secondary N) is 6. The molecule has 10 N–H and O–H groups in total. The average Bonchev–Trinajstić information content (AvgIpc) is 3.65. The Morgan fingerprint density at radius 3 is 2.43 bits per heavy atom. The molecule has 2 aliphatic heterocycles. The van der Waals surface area contributed by atoms with Crippen LogP contribution in [-0.2, 0) is 28.8 Å². The van der Waals surface area contributed by atoms with Crippen LogP contribution in [-0.4, -0.2) is 96.2 Å². The van der Waals surface area contributed by atoms with Crippen molar-refractivity contribution < 1.29 is 33.5 Å². The van der Waals surface area contributed by atoms with Gasteiger partial charge in [-0.05, 0) is 80.4 Å². The minimum Gasteiger partial charge on any atom is -0.494 e. The molecule has 4 rings (SSSR count). The summed E-state index contributed by atoms with van der Waals surface area (Å²) < 4.78 is 5.93. The fourth-order valence-electron chi connectivity index (χ4n) is 7.58. The van der Waals surface area contributed by atoms with Gasteiger partial charge in [0.25, 0.3) is 0 Å². The maximum Gasteiger partial charge on any atom is 0.243 e. The van der Waals surface area contributed by atoms with E-state index in [1.165, 1.54) is 0 Å². The molecule has 3 aliphatic rings. The van der Waals surface area contributed by atoms with Gasteiger partial charge in [0.05, 0.1) is 6.61 Å². The topological polar surface area (TPSA) is 251 Å². The van der Waals surface area contributed by atoms with Crippen LogP contribution in [0.4, 0.5) is 0 Å². The van der Waals surface area contributed by atoms with Gasteiger partial charge in [-0.1, -0.05) is 64.3 Å². The number of hydrogen-bond donors (Lipinski definition) is 8. The lowest BCUT2D eigenvalue weighted by Gasteiger charge is -2.33. The maximum atomic E-state index is 14.3. The lowest BCUT2D eigenvalue weighted by Crippen LogP contribution is -2.61. The fourth-order valence-corrected chi connectivity index (χ4v) is 7.58. The number of carbonyl (C=O) groups excluding carboxylic acids is 6. The Kier molecular flexibility index (Phi) is 16.1. The summed E-state index contributed by atoms with van der Waals surface area (Å²) in [7, 11) is 0. The van der Waals surface area contributed by atoms with Crippen LogP contribution in [0.3, 0.4) is 0 Å². The van der Waals surface area contributed by atoms with Gasteiger partial charge in [0.2, 0.25) is 35.4 Å². The minimum atomic E-state index is -1.17. The largest absolute Gasteiger partial charge is 0.494 e. The zero-order valence-corrected chi connectivity index (χ0v) is 33.0. The Labute approximate surface area is 329 Å². The predicted molar refractivity (Wildman–Crippen MR) is 212 cm³/mol. The molecule has 1 saturated carbocycles. The normalized spacial score (nSPS) is 23.3. The Hall–Kier alpha value is -5.15. The van der Waals surface area contributed by atoms with Crippen LogP contribution in [0.2, 0.25) is 0 Å². The van der Waals surface area contributed by atoms with Crippen molar-refractivity contribution in [3.8, 4) is 5.75 Å². The summed E-state index contributed by atoms with van der Waals surface area (Å²) >= 11 is 0. The molecule has 0 unspecified atom stereocenters. The summed E-state index contributed by atoms with van der Waals surface area (Å²) in [5, 5.41) is 21.5. The number of ether oxygens (including phenoxy) is 1. The Morgan fingerprint density at radius 2 is 1.73 bits per heavy atom. The zero-order chi connectivity index (χ0) is 40.8. The molecule has 16 heteroatoms. The van der Waals surface area contributed by atoms with Crippen LogP contribution in [0.1, 0.15) is 103 Å². The Balaban J connectivity index is 1.66. The summed E-state index contributed by atoms with van der Waals surface area (Å²) in [6.07, 6.45) is 10.1. The second kappa shape index (κ2) is 20.7. The van der Waals surface area contributed by atoms with Crippen molar-refractivity contribution in [2.45, 2.75) is 128 Å². The highest BCUT2D eigenvalue weighted by atomic mass is 16.5. The van der Waals surface area contributed by atoms with Crippen LogP contribution in [0, 0.1) is 16.7 Å². The predicted octanol–water partition coefficient (Wildman–Crippen LogP) is 1.57. The quantitative estimate of drug-likeness (QED) is 0.0974. The summed E-state index contributed by atoms with van der Waals surface area (Å²) in [5.74, 6) is -2.92. The van der Waals surface area contributed by atoms with Crippen molar-refractivity contribution in [2.75, 3.05) is 19.7 Å². The fraction of sp³-hybridized carbons (Fsp3) is 0.625. The van der Waals surface area contributed by atoms with E-state index in [2.05, 4.69) is 26.6 Å². The highest BCUT2D eigenvalue weighted by Crippen LogP contribution is 2.28. The van der Waals surface area contributed by atoms with E-state index in [9.17, 15) is 28.8 Å². The van der Waals surface area contributed by atoms with Crippen LogP contribution in [0.5, 0.6) is 5.75 Å². The number of hydrogen-bond acceptors (Lipinski definition) is 8. The molecular formula is C40H61N9O7. The van der Waals surface area contributed by atoms with Gasteiger partial charge in [0.15, 0.2) is 5.96 Å². The van der Waals surface area contributed by atoms with Crippen molar-refractivity contribution in [2.24, 2.45) is 22.8 Å². The number of primary amides is 1. The molecule has 56 heavy (non-hydrogen) atoms. The molecule has 2 fully saturated rings. The van der Waals surface area contributed by atoms with Gasteiger partial charge in [0, 0.05) is 19.5 Å². The number of guanidine groups is 1. The summed E-state index contributed by atoms with van der Waals surface area (Å²) in [5.41, 5.74) is 11.1. The van der Waals surface area contributed by atoms with Gasteiger partial charge < -0.3 is 47.7 Å². The Bertz CT molecular complexity index is 1600. The second-order valence-corrected chi connectivity index (χ2v) is 16.1. The monoisotopic (exact) mass is 779 g/mol. The molecular weight excluding hydrogens is 718 g/mol. The molecule has 2 heterocycles. The van der Waals surface area contributed by atoms with Gasteiger partial charge in [0.1, 0.15) is 36.0 Å². The second-order valence-electron chi connectivity index (χ2n) is 16.1. The first-order valence-corrected chi connectivity index (χ1v) is 19.9. The van der Waals surface area contributed by atoms with E-state index in [1.807, 2.05) is 24.3 Å². The van der Waals surface area contributed by atoms with E-state index in [-0.39, 0.29) is 43.6 Å². The Morgan fingerprint density at radius 1 is 0.982 bits per heavy atom. The van der Waals surface area contributed by atoms with E-state index in [4.69, 9.17) is 21.6 Å². The van der Waals surface area contributed by atoms with E-state index in [0.717, 1.165) is 24.8 Å². The van der Waals surface area contributed by atoms with E-state index < -0.39 is 65.2 Å². The summed E-state index contributed by atoms with van der Waals surface area (Å²) in [6.45, 7) is 6.26. The molecule has 0 aromatic heterocycles. The summed E-state index contributed by atoms with van der Waals surface area (Å²) in [4.78, 5) is 83.4. The molecule has 6 amide bonds. The van der Waals surface area contributed by atoms with Crippen molar-refractivity contribution >= 4 is 47.5 Å². The number of carbonyl (C=O) groups is 6. The van der Waals surface area contributed by atoms with E-state index in [1.54, 1.807) is 37.8 Å². The first-order chi connectivity index (χ1) is 26.6. The standard InChI is InChI=1S/C40H61N9O7/c1-40(2,3)33(34(41)51)48-36(53)29(18-9-21-44-39(42)43)45-35(52)28-17-8-13-25-12-7-16-27(24-25)56-23-11-20-31(50)49-22-10-19-30(49)37(54)47-32(38(55)46-28)26-14-5-4-6-15-26/h7-8,12-13,16,24,26,28-30,32-33H,4-6,9-11,14-15,17-23H2,1-3H3,(H2,41,51)(H,45,52)(H,46,55)(H,47,54)(H,48,53)(H4,42,43,44)/b13-8+/t28-,29-,30-,32-,33+/m0/s1. The van der Waals surface area contributed by atoms with E-state index in [0.29, 0.717) is 57.4 Å². The van der Waals surface area contributed by atoms with Crippen molar-refractivity contribution in [3.05, 3.63) is 35.9 Å². The van der Waals surface area contributed by atoms with Crippen molar-refractivity contribution in [1.82, 2.24) is 31.5 Å². The van der Waals surface area contributed by atoms with Crippen molar-refractivity contribution in [1.29, 1.82) is 5.41 Å². The maximum absolute atomic E-state index is 14.3. The van der Waals surface area contributed by atoms with Crippen LogP contribution in [0.25, 0.3) is 6.08 Å². The van der Waals surface area contributed by atoms with Crippen LogP contribution in [0.15, 0.2) is 30.3 Å². The minimum absolute atomic E-state index is 0.0328. The van der Waals surface area contributed by atoms with Gasteiger partial charge in [-0.2, -0.15) is 0 Å². The molecule has 5 atom stereocenters. The average molecular weight is 780 g/mol. The SMILES string of the molecule is CC(C)(C)[C@H](NC(=O)[C@H](CCCNC(=N)N)NC(=O)[C@@H]1C/C=C/c2cccc(c2)OCCCC(=O)N2CCC[C@H]2C(=O)N[C@@H](C2CCCCC2)C(=O)N1)C(N)=O. The van der Waals surface area contributed by atoms with E-state index >= 15 is 0 Å². The molecule has 1 aromatic rings. The van der Waals surface area contributed by atoms with Crippen LogP contribution >= 0.6 is 0 Å². The van der Waals surface area contributed by atoms with Crippen LogP contribution < -0.4 is 42.8 Å². The molecule has 2 bridgehead atoms. The third-order valence-electron chi connectivity index (χ3n) is 10.6. The number of benzene rings is 1. The third kappa shape index (κ3) is 13.0. The van der Waals surface area contributed by atoms with Crippen molar-refractivity contribution in [3.63, 3.8) is 0 Å². The summed E-state index contributed by atoms with van der Waals surface area (Å²) in [6, 6.07) is 2.31. The van der Waals surface area contributed by atoms with Gasteiger partial charge in [-0.15, -0.1) is 0 Å². The highest BCUT2D eigenvalue weighted by Gasteiger charge is 2.39. The number of rotatable bonds is 10. The molecule has 16 nitrogen and oxygen atoms in total. The number of nitrogens with two attached hydrogens (primary N) is 2. The number of fused-ring (bicyclic) bond motifs is 3. The molecule has 308 valence electrons. The highest BCUT2D eigenvalue weighted by molar-refractivity contribution is 5.96. The first kappa shape index (κ1) is 43.6. The smallest absolute Gasteiger partial charge is 0.243 e. The zero-order valence-electron chi connectivity index (χ0n) is 33.0. The first-order valence-electron chi connectivity index (χ1n) is 19.9. The molecule has 0 radical (unpaired) electrons. The van der Waals surface area contributed by atoms with Gasteiger partial charge >= 0.3 is 0 Å². The number of amides is 6. The lowest BCUT2D eigenvalue weighted by atomic mass is 9.83. The molecule has 1 aliphatic carbocycles. The number of nitrogens with zero attached hydrogens (tertiary/aromatic N) is 1. The molecule has 1 saturated heterocycles. The third-order valence-corrected chi connectivity index (χ3v) is 10.6. The lowest BCUT2D eigenvalue weighted by molar-refractivity contribution is -0.140. The van der Waals surface area contributed by atoms with Gasteiger partial charge in [-0.3, -0.25) is 34.2 Å². The molecule has 1 aromatic carbocycles. The van der Waals surface area contributed by atoms with Gasteiger partial charge in [-0.25, -0.2) is 0 Å².